The van der Waals surface area contributed by atoms with Gasteiger partial charge in [0.25, 0.3) is 0 Å². The Morgan fingerprint density at radius 1 is 1.09 bits per heavy atom. The maximum atomic E-state index is 12.5. The molecule has 1 fully saturated rings. The summed E-state index contributed by atoms with van der Waals surface area (Å²) in [6.45, 7) is 6.27. The quantitative estimate of drug-likeness (QED) is 0.410. The third-order valence-corrected chi connectivity index (χ3v) is 4.05. The van der Waals surface area contributed by atoms with Crippen molar-refractivity contribution in [2.24, 2.45) is 5.41 Å². The van der Waals surface area contributed by atoms with Crippen LogP contribution in [0.25, 0.3) is 0 Å². The van der Waals surface area contributed by atoms with Crippen molar-refractivity contribution in [1.29, 1.82) is 0 Å². The SMILES string of the molecule is CC(C)(C)OC(=O)C1(C(=O)NCCCCCCO)CCCC1. The molecule has 1 amide bonds. The molecule has 0 aromatic carbocycles. The van der Waals surface area contributed by atoms with Gasteiger partial charge in [-0.3, -0.25) is 9.59 Å². The first kappa shape index (κ1) is 18.9. The minimum absolute atomic E-state index is 0.179. The fraction of sp³-hybridized carbons (Fsp3) is 0.882. The molecule has 5 heteroatoms. The molecule has 1 saturated carbocycles. The molecule has 0 aromatic heterocycles. The van der Waals surface area contributed by atoms with Crippen LogP contribution in [0.3, 0.4) is 0 Å². The number of carbonyl (C=O) groups excluding carboxylic acids is 2. The van der Waals surface area contributed by atoms with Crippen LogP contribution in [-0.4, -0.2) is 35.7 Å². The third-order valence-electron chi connectivity index (χ3n) is 4.05. The van der Waals surface area contributed by atoms with Crippen LogP contribution in [0.1, 0.15) is 72.1 Å². The normalized spacial score (nSPS) is 17.3. The molecule has 0 spiro atoms. The molecular weight excluding hydrogens is 282 g/mol. The Morgan fingerprint density at radius 3 is 2.23 bits per heavy atom. The van der Waals surface area contributed by atoms with Gasteiger partial charge in [-0.25, -0.2) is 0 Å². The number of nitrogens with one attached hydrogen (secondary N) is 1. The second-order valence-electron chi connectivity index (χ2n) is 7.18. The number of unbranched alkanes of at least 4 members (excludes halogenated alkanes) is 3. The van der Waals surface area contributed by atoms with Gasteiger partial charge in [-0.2, -0.15) is 0 Å². The summed E-state index contributed by atoms with van der Waals surface area (Å²) in [7, 11) is 0. The number of hydrogen-bond acceptors (Lipinski definition) is 4. The van der Waals surface area contributed by atoms with Gasteiger partial charge in [0.05, 0.1) is 0 Å². The lowest BCUT2D eigenvalue weighted by Crippen LogP contribution is -2.47. The average Bonchev–Trinajstić information content (AvgIpc) is 2.91. The number of hydrogen-bond donors (Lipinski definition) is 2. The molecule has 0 atom stereocenters. The largest absolute Gasteiger partial charge is 0.459 e. The Morgan fingerprint density at radius 2 is 1.68 bits per heavy atom. The number of aliphatic hydroxyl groups is 1. The van der Waals surface area contributed by atoms with Gasteiger partial charge in [0.15, 0.2) is 0 Å². The van der Waals surface area contributed by atoms with Crippen molar-refractivity contribution in [2.45, 2.75) is 77.7 Å². The van der Waals surface area contributed by atoms with E-state index in [4.69, 9.17) is 9.84 Å². The van der Waals surface area contributed by atoms with Crippen LogP contribution in [0.5, 0.6) is 0 Å². The van der Waals surface area contributed by atoms with Crippen LogP contribution < -0.4 is 5.32 Å². The molecule has 1 aliphatic carbocycles. The molecule has 5 nitrogen and oxygen atoms in total. The van der Waals surface area contributed by atoms with Crippen molar-refractivity contribution in [2.75, 3.05) is 13.2 Å². The van der Waals surface area contributed by atoms with E-state index >= 15 is 0 Å². The van der Waals surface area contributed by atoms with Gasteiger partial charge in [-0.05, 0) is 46.5 Å². The van der Waals surface area contributed by atoms with E-state index in [0.29, 0.717) is 19.4 Å². The fourth-order valence-electron chi connectivity index (χ4n) is 2.84. The number of rotatable bonds is 8. The summed E-state index contributed by atoms with van der Waals surface area (Å²) in [6.07, 6.45) is 6.55. The summed E-state index contributed by atoms with van der Waals surface area (Å²) < 4.78 is 5.48. The number of carbonyl (C=O) groups is 2. The first-order valence-corrected chi connectivity index (χ1v) is 8.44. The Hall–Kier alpha value is -1.10. The molecule has 2 N–H and O–H groups in total. The zero-order valence-corrected chi connectivity index (χ0v) is 14.2. The van der Waals surface area contributed by atoms with Gasteiger partial charge in [0.2, 0.25) is 5.91 Å². The number of esters is 1. The first-order valence-electron chi connectivity index (χ1n) is 8.44. The van der Waals surface area contributed by atoms with E-state index in [1.807, 2.05) is 20.8 Å². The fourth-order valence-corrected chi connectivity index (χ4v) is 2.84. The lowest BCUT2D eigenvalue weighted by atomic mass is 9.85. The van der Waals surface area contributed by atoms with Crippen molar-refractivity contribution >= 4 is 11.9 Å². The zero-order chi connectivity index (χ0) is 16.6. The smallest absolute Gasteiger partial charge is 0.322 e. The lowest BCUT2D eigenvalue weighted by Gasteiger charge is -2.30. The molecule has 1 aliphatic rings. The Bertz CT molecular complexity index is 367. The first-order chi connectivity index (χ1) is 10.3. The predicted octanol–water partition coefficient (Wildman–Crippen LogP) is 2.56. The third kappa shape index (κ3) is 5.59. The molecular formula is C17H31NO4. The highest BCUT2D eigenvalue weighted by Crippen LogP contribution is 2.40. The summed E-state index contributed by atoms with van der Waals surface area (Å²) in [5.41, 5.74) is -1.56. The van der Waals surface area contributed by atoms with E-state index in [0.717, 1.165) is 38.5 Å². The molecule has 1 rings (SSSR count). The summed E-state index contributed by atoms with van der Waals surface area (Å²) in [5.74, 6) is -0.559. The van der Waals surface area contributed by atoms with E-state index in [-0.39, 0.29) is 18.5 Å². The van der Waals surface area contributed by atoms with Crippen molar-refractivity contribution < 1.29 is 19.4 Å². The number of amides is 1. The standard InChI is InChI=1S/C17H31NO4/c1-16(2,3)22-15(21)17(10-6-7-11-17)14(20)18-12-8-4-5-9-13-19/h19H,4-13H2,1-3H3,(H,18,20). The molecule has 0 aromatic rings. The molecule has 128 valence electrons. The predicted molar refractivity (Wildman–Crippen MR) is 85.3 cm³/mol. The molecule has 0 bridgehead atoms. The second-order valence-corrected chi connectivity index (χ2v) is 7.18. The lowest BCUT2D eigenvalue weighted by molar-refractivity contribution is -0.170. The molecule has 0 saturated heterocycles. The Balaban J connectivity index is 2.51. The maximum Gasteiger partial charge on any atom is 0.322 e. The summed E-state index contributed by atoms with van der Waals surface area (Å²) >= 11 is 0. The second kappa shape index (κ2) is 8.51. The van der Waals surface area contributed by atoms with E-state index in [1.54, 1.807) is 0 Å². The number of aliphatic hydroxyl groups excluding tert-OH is 1. The summed E-state index contributed by atoms with van der Waals surface area (Å²) in [4.78, 5) is 25.0. The monoisotopic (exact) mass is 313 g/mol. The van der Waals surface area contributed by atoms with Gasteiger partial charge in [-0.1, -0.05) is 25.7 Å². The minimum atomic E-state index is -0.988. The van der Waals surface area contributed by atoms with Gasteiger partial charge in [-0.15, -0.1) is 0 Å². The highest BCUT2D eigenvalue weighted by atomic mass is 16.6. The molecule has 0 aliphatic heterocycles. The summed E-state index contributed by atoms with van der Waals surface area (Å²) in [5, 5.41) is 11.6. The van der Waals surface area contributed by atoms with Crippen LogP contribution in [0.2, 0.25) is 0 Å². The Labute approximate surface area is 133 Å². The van der Waals surface area contributed by atoms with E-state index in [9.17, 15) is 9.59 Å². The van der Waals surface area contributed by atoms with Crippen molar-refractivity contribution in [1.82, 2.24) is 5.32 Å². The molecule has 22 heavy (non-hydrogen) atoms. The van der Waals surface area contributed by atoms with Crippen molar-refractivity contribution in [3.63, 3.8) is 0 Å². The minimum Gasteiger partial charge on any atom is -0.459 e. The average molecular weight is 313 g/mol. The van der Waals surface area contributed by atoms with Gasteiger partial charge >= 0.3 is 5.97 Å². The van der Waals surface area contributed by atoms with Crippen LogP contribution in [0.15, 0.2) is 0 Å². The van der Waals surface area contributed by atoms with Gasteiger partial charge in [0, 0.05) is 13.2 Å². The maximum absolute atomic E-state index is 12.5. The van der Waals surface area contributed by atoms with Crippen LogP contribution >= 0.6 is 0 Å². The zero-order valence-electron chi connectivity index (χ0n) is 14.2. The van der Waals surface area contributed by atoms with Crippen molar-refractivity contribution in [3.8, 4) is 0 Å². The topological polar surface area (TPSA) is 75.6 Å². The number of ether oxygens (including phenoxy) is 1. The summed E-state index contributed by atoms with van der Waals surface area (Å²) in [6, 6.07) is 0. The highest BCUT2D eigenvalue weighted by molar-refractivity contribution is 6.03. The molecule has 0 radical (unpaired) electrons. The Kier molecular flexibility index (Phi) is 7.33. The van der Waals surface area contributed by atoms with E-state index < -0.39 is 11.0 Å². The van der Waals surface area contributed by atoms with Crippen molar-refractivity contribution in [3.05, 3.63) is 0 Å². The van der Waals surface area contributed by atoms with Gasteiger partial charge in [0.1, 0.15) is 11.0 Å². The van der Waals surface area contributed by atoms with Crippen LogP contribution in [0.4, 0.5) is 0 Å². The van der Waals surface area contributed by atoms with E-state index in [2.05, 4.69) is 5.32 Å². The molecule has 0 unspecified atom stereocenters. The van der Waals surface area contributed by atoms with Crippen LogP contribution in [-0.2, 0) is 14.3 Å². The van der Waals surface area contributed by atoms with Crippen LogP contribution in [0, 0.1) is 5.41 Å². The van der Waals surface area contributed by atoms with E-state index in [1.165, 1.54) is 0 Å². The molecule has 0 heterocycles. The van der Waals surface area contributed by atoms with Gasteiger partial charge < -0.3 is 15.2 Å². The highest BCUT2D eigenvalue weighted by Gasteiger charge is 2.50.